The lowest BCUT2D eigenvalue weighted by atomic mass is 9.69. The van der Waals surface area contributed by atoms with Crippen LogP contribution in [0.2, 0.25) is 5.02 Å². The van der Waals surface area contributed by atoms with E-state index in [1.807, 2.05) is 12.1 Å². The van der Waals surface area contributed by atoms with Gasteiger partial charge in [-0.3, -0.25) is 0 Å². The molecule has 1 aromatic rings. The highest BCUT2D eigenvalue weighted by molar-refractivity contribution is 6.32. The van der Waals surface area contributed by atoms with E-state index in [9.17, 15) is 5.11 Å². The molecule has 0 radical (unpaired) electrons. The summed E-state index contributed by atoms with van der Waals surface area (Å²) in [5.74, 6) is 0.879. The van der Waals surface area contributed by atoms with Crippen LogP contribution in [0.15, 0.2) is 18.2 Å². The van der Waals surface area contributed by atoms with E-state index in [-0.39, 0.29) is 5.75 Å². The van der Waals surface area contributed by atoms with Crippen molar-refractivity contribution in [2.45, 2.75) is 59.0 Å². The molecule has 1 aliphatic rings. The number of phenols is 1. The van der Waals surface area contributed by atoms with Gasteiger partial charge in [-0.2, -0.15) is 0 Å². The number of rotatable bonds is 3. The smallest absolute Gasteiger partial charge is 0.134 e. The molecule has 0 spiro atoms. The number of aromatic hydroxyl groups is 1. The zero-order valence-electron chi connectivity index (χ0n) is 12.7. The highest BCUT2D eigenvalue weighted by Gasteiger charge is 2.33. The molecule has 0 bridgehead atoms. The summed E-state index contributed by atoms with van der Waals surface area (Å²) >= 11 is 5.96. The van der Waals surface area contributed by atoms with Gasteiger partial charge in [0.1, 0.15) is 5.75 Å². The minimum Gasteiger partial charge on any atom is -0.506 e. The number of hydrogen-bond donors (Lipinski definition) is 2. The largest absolute Gasteiger partial charge is 0.506 e. The molecule has 112 valence electrons. The lowest BCUT2D eigenvalue weighted by Gasteiger charge is -2.41. The van der Waals surface area contributed by atoms with Crippen LogP contribution in [0.25, 0.3) is 0 Å². The highest BCUT2D eigenvalue weighted by Crippen LogP contribution is 2.38. The quantitative estimate of drug-likeness (QED) is 0.844. The second-order valence-corrected chi connectivity index (χ2v) is 7.44. The summed E-state index contributed by atoms with van der Waals surface area (Å²) in [6.07, 6.45) is 5.25. The van der Waals surface area contributed by atoms with Crippen LogP contribution in [-0.2, 0) is 6.54 Å². The fourth-order valence-corrected chi connectivity index (χ4v) is 3.52. The normalized spacial score (nSPS) is 23.8. The Kier molecular flexibility index (Phi) is 4.98. The van der Waals surface area contributed by atoms with Crippen molar-refractivity contribution in [1.82, 2.24) is 5.32 Å². The van der Waals surface area contributed by atoms with E-state index in [2.05, 4.69) is 26.1 Å². The summed E-state index contributed by atoms with van der Waals surface area (Å²) in [6, 6.07) is 6.03. The van der Waals surface area contributed by atoms with E-state index in [4.69, 9.17) is 11.6 Å². The van der Waals surface area contributed by atoms with E-state index in [1.54, 1.807) is 6.07 Å². The molecular weight excluding hydrogens is 270 g/mol. The van der Waals surface area contributed by atoms with Crippen molar-refractivity contribution in [1.29, 1.82) is 0 Å². The zero-order chi connectivity index (χ0) is 14.8. The van der Waals surface area contributed by atoms with Crippen LogP contribution in [0.5, 0.6) is 5.75 Å². The van der Waals surface area contributed by atoms with Gasteiger partial charge in [0.15, 0.2) is 0 Å². The van der Waals surface area contributed by atoms with Crippen molar-refractivity contribution in [2.24, 2.45) is 11.3 Å². The van der Waals surface area contributed by atoms with Crippen LogP contribution in [0.4, 0.5) is 0 Å². The van der Waals surface area contributed by atoms with Crippen LogP contribution >= 0.6 is 11.6 Å². The van der Waals surface area contributed by atoms with Crippen molar-refractivity contribution < 1.29 is 5.11 Å². The first-order valence-corrected chi connectivity index (χ1v) is 7.96. The average molecular weight is 296 g/mol. The first-order chi connectivity index (χ1) is 9.38. The van der Waals surface area contributed by atoms with Crippen molar-refractivity contribution in [2.75, 3.05) is 0 Å². The number of hydrogen-bond acceptors (Lipinski definition) is 2. The molecule has 0 heterocycles. The highest BCUT2D eigenvalue weighted by atomic mass is 35.5. The summed E-state index contributed by atoms with van der Waals surface area (Å²) in [6.45, 7) is 7.84. The maximum absolute atomic E-state index is 9.46. The predicted molar refractivity (Wildman–Crippen MR) is 85.2 cm³/mol. The van der Waals surface area contributed by atoms with Crippen molar-refractivity contribution in [3.8, 4) is 5.75 Å². The van der Waals surface area contributed by atoms with Crippen LogP contribution in [0.3, 0.4) is 0 Å². The Morgan fingerprint density at radius 3 is 2.60 bits per heavy atom. The van der Waals surface area contributed by atoms with Crippen LogP contribution in [0.1, 0.15) is 52.0 Å². The monoisotopic (exact) mass is 295 g/mol. The Balaban J connectivity index is 1.99. The minimum absolute atomic E-state index is 0.153. The van der Waals surface area contributed by atoms with Gasteiger partial charge in [0.05, 0.1) is 5.02 Å². The van der Waals surface area contributed by atoms with E-state index >= 15 is 0 Å². The van der Waals surface area contributed by atoms with Gasteiger partial charge in [-0.1, -0.05) is 51.3 Å². The molecule has 1 aromatic carbocycles. The third kappa shape index (κ3) is 3.89. The molecular formula is C17H26ClNO. The second-order valence-electron chi connectivity index (χ2n) is 7.03. The molecule has 1 saturated carbocycles. The number of nitrogens with one attached hydrogen (secondary N) is 1. The Labute approximate surface area is 127 Å². The summed E-state index contributed by atoms with van der Waals surface area (Å²) in [5.41, 5.74) is 1.48. The summed E-state index contributed by atoms with van der Waals surface area (Å²) < 4.78 is 0. The Morgan fingerprint density at radius 2 is 1.95 bits per heavy atom. The van der Waals surface area contributed by atoms with Gasteiger partial charge in [-0.15, -0.1) is 0 Å². The first kappa shape index (κ1) is 15.7. The molecule has 0 saturated heterocycles. The van der Waals surface area contributed by atoms with Crippen molar-refractivity contribution >= 4 is 11.6 Å². The average Bonchev–Trinajstić information content (AvgIpc) is 2.39. The summed E-state index contributed by atoms with van der Waals surface area (Å²) in [7, 11) is 0. The second kappa shape index (κ2) is 6.36. The fraction of sp³-hybridized carbons (Fsp3) is 0.647. The third-order valence-corrected chi connectivity index (χ3v) is 4.76. The topological polar surface area (TPSA) is 32.3 Å². The predicted octanol–water partition coefficient (Wildman–Crippen LogP) is 4.74. The van der Waals surface area contributed by atoms with E-state index in [0.29, 0.717) is 16.5 Å². The maximum atomic E-state index is 9.46. The standard InChI is InChI=1S/C17H26ClNO/c1-17(2,3)13-6-4-5-7-15(13)19-11-12-8-9-16(20)14(18)10-12/h8-10,13,15,19-20H,4-7,11H2,1-3H3. The number of phenolic OH excluding ortho intramolecular Hbond substituents is 1. The van der Waals surface area contributed by atoms with E-state index in [1.165, 1.54) is 25.7 Å². The van der Waals surface area contributed by atoms with Gasteiger partial charge >= 0.3 is 0 Å². The Morgan fingerprint density at radius 1 is 1.25 bits per heavy atom. The van der Waals surface area contributed by atoms with Gasteiger partial charge < -0.3 is 10.4 Å². The molecule has 0 amide bonds. The van der Waals surface area contributed by atoms with Crippen molar-refractivity contribution in [3.63, 3.8) is 0 Å². The molecule has 2 nitrogen and oxygen atoms in total. The molecule has 3 heteroatoms. The molecule has 2 rings (SSSR count). The van der Waals surface area contributed by atoms with E-state index < -0.39 is 0 Å². The molecule has 0 aliphatic heterocycles. The molecule has 1 aliphatic carbocycles. The Bertz CT molecular complexity index is 453. The summed E-state index contributed by atoms with van der Waals surface area (Å²) in [4.78, 5) is 0. The van der Waals surface area contributed by atoms with Gasteiger partial charge in [0.2, 0.25) is 0 Å². The third-order valence-electron chi connectivity index (χ3n) is 4.46. The molecule has 1 fully saturated rings. The van der Waals surface area contributed by atoms with Crippen LogP contribution in [-0.4, -0.2) is 11.1 Å². The molecule has 2 N–H and O–H groups in total. The van der Waals surface area contributed by atoms with E-state index in [0.717, 1.165) is 18.0 Å². The minimum atomic E-state index is 0.153. The summed E-state index contributed by atoms with van der Waals surface area (Å²) in [5, 5.41) is 13.6. The lowest BCUT2D eigenvalue weighted by molar-refractivity contribution is 0.130. The first-order valence-electron chi connectivity index (χ1n) is 7.58. The van der Waals surface area contributed by atoms with Crippen LogP contribution in [0, 0.1) is 11.3 Å². The van der Waals surface area contributed by atoms with Crippen molar-refractivity contribution in [3.05, 3.63) is 28.8 Å². The molecule has 0 aromatic heterocycles. The zero-order valence-corrected chi connectivity index (χ0v) is 13.5. The number of halogens is 1. The SMILES string of the molecule is CC(C)(C)C1CCCCC1NCc1ccc(O)c(Cl)c1. The Hall–Kier alpha value is -0.730. The van der Waals surface area contributed by atoms with Gasteiger partial charge in [-0.05, 0) is 41.9 Å². The fourth-order valence-electron chi connectivity index (χ4n) is 3.32. The number of benzene rings is 1. The maximum Gasteiger partial charge on any atom is 0.134 e. The molecule has 2 atom stereocenters. The van der Waals surface area contributed by atoms with Gasteiger partial charge in [0, 0.05) is 12.6 Å². The molecule has 20 heavy (non-hydrogen) atoms. The van der Waals surface area contributed by atoms with Gasteiger partial charge in [0.25, 0.3) is 0 Å². The van der Waals surface area contributed by atoms with Gasteiger partial charge in [-0.25, -0.2) is 0 Å². The molecule has 2 unspecified atom stereocenters. The van der Waals surface area contributed by atoms with Crippen LogP contribution < -0.4 is 5.32 Å². The lowest BCUT2D eigenvalue weighted by Crippen LogP contribution is -2.43.